The molecule has 0 bridgehead atoms. The van der Waals surface area contributed by atoms with Crippen molar-refractivity contribution in [3.63, 3.8) is 0 Å². The van der Waals surface area contributed by atoms with Gasteiger partial charge in [-0.1, -0.05) is 43.6 Å². The number of thioether (sulfide) groups is 1. The summed E-state index contributed by atoms with van der Waals surface area (Å²) in [6.07, 6.45) is 2.95. The fraction of sp³-hybridized carbons (Fsp3) is 0.375. The van der Waals surface area contributed by atoms with Crippen LogP contribution in [0.25, 0.3) is 0 Å². The first-order chi connectivity index (χ1) is 20.5. The van der Waals surface area contributed by atoms with Crippen LogP contribution in [0.1, 0.15) is 46.1 Å². The highest BCUT2D eigenvalue weighted by molar-refractivity contribution is 7.98. The molecule has 43 heavy (non-hydrogen) atoms. The molecular formula is C32H40ClN3O5S2. The molecule has 2 unspecified atom stereocenters. The van der Waals surface area contributed by atoms with Gasteiger partial charge in [-0.2, -0.15) is 0 Å². The molecule has 0 saturated carbocycles. The second-order valence-electron chi connectivity index (χ2n) is 9.97. The Balaban J connectivity index is 2.08. The van der Waals surface area contributed by atoms with Crippen molar-refractivity contribution in [2.45, 2.75) is 69.0 Å². The van der Waals surface area contributed by atoms with E-state index in [4.69, 9.17) is 16.3 Å². The maximum atomic E-state index is 14.2. The Hall–Kier alpha value is -3.21. The summed E-state index contributed by atoms with van der Waals surface area (Å²) in [5.74, 6) is -0.267. The summed E-state index contributed by atoms with van der Waals surface area (Å²) in [6.45, 7) is 7.49. The Labute approximate surface area is 264 Å². The number of hydrogen-bond donors (Lipinski definition) is 1. The first-order valence-corrected chi connectivity index (χ1v) is 17.3. The molecule has 3 rings (SSSR count). The van der Waals surface area contributed by atoms with Gasteiger partial charge in [-0.3, -0.25) is 13.9 Å². The van der Waals surface area contributed by atoms with Crippen LogP contribution in [-0.4, -0.2) is 56.6 Å². The van der Waals surface area contributed by atoms with Crippen molar-refractivity contribution < 1.29 is 22.7 Å². The van der Waals surface area contributed by atoms with E-state index in [1.54, 1.807) is 60.7 Å². The monoisotopic (exact) mass is 645 g/mol. The van der Waals surface area contributed by atoms with Gasteiger partial charge in [0.25, 0.3) is 10.0 Å². The Morgan fingerprint density at radius 1 is 0.953 bits per heavy atom. The van der Waals surface area contributed by atoms with Crippen molar-refractivity contribution in [3.8, 4) is 5.75 Å². The number of nitrogens with zero attached hydrogens (tertiary/aromatic N) is 2. The fourth-order valence-electron chi connectivity index (χ4n) is 4.45. The zero-order valence-electron chi connectivity index (χ0n) is 25.2. The minimum atomic E-state index is -4.18. The molecule has 2 amide bonds. The van der Waals surface area contributed by atoms with E-state index in [1.165, 1.54) is 28.8 Å². The lowest BCUT2D eigenvalue weighted by Gasteiger charge is -2.34. The predicted octanol–water partition coefficient (Wildman–Crippen LogP) is 6.38. The van der Waals surface area contributed by atoms with Gasteiger partial charge in [0, 0.05) is 22.5 Å². The minimum Gasteiger partial charge on any atom is -0.494 e. The molecule has 0 spiro atoms. The maximum absolute atomic E-state index is 14.2. The largest absolute Gasteiger partial charge is 0.494 e. The molecule has 11 heteroatoms. The normalized spacial score (nSPS) is 12.7. The van der Waals surface area contributed by atoms with Crippen molar-refractivity contribution in [3.05, 3.63) is 83.4 Å². The minimum absolute atomic E-state index is 0.0323. The van der Waals surface area contributed by atoms with E-state index >= 15 is 0 Å². The van der Waals surface area contributed by atoms with Crippen LogP contribution in [0.15, 0.2) is 82.6 Å². The number of amides is 2. The second kappa shape index (κ2) is 16.0. The van der Waals surface area contributed by atoms with E-state index in [0.29, 0.717) is 35.1 Å². The summed E-state index contributed by atoms with van der Waals surface area (Å²) in [7, 11) is -4.18. The Morgan fingerprint density at radius 3 is 2.16 bits per heavy atom. The zero-order valence-corrected chi connectivity index (χ0v) is 27.6. The van der Waals surface area contributed by atoms with Gasteiger partial charge in [-0.15, -0.1) is 11.8 Å². The van der Waals surface area contributed by atoms with Crippen LogP contribution in [0.5, 0.6) is 5.75 Å². The standard InChI is InChI=1S/C32H40ClN3O5S2/c1-6-23(4)34-32(38)30(7-2)35(21-24-11-9-10-12-29(24)33)31(37)22-36(25-13-15-26(16-14-25)41-8-3)43(39,40)28-19-17-27(42-5)18-20-28/h9-20,23,30H,6-8,21-22H2,1-5H3,(H,34,38). The van der Waals surface area contributed by atoms with Crippen LogP contribution in [0.4, 0.5) is 5.69 Å². The number of rotatable bonds is 15. The molecule has 0 fully saturated rings. The first-order valence-electron chi connectivity index (χ1n) is 14.3. The quantitative estimate of drug-likeness (QED) is 0.193. The molecule has 0 radical (unpaired) electrons. The summed E-state index contributed by atoms with van der Waals surface area (Å²) < 4.78 is 34.8. The highest BCUT2D eigenvalue weighted by Crippen LogP contribution is 2.28. The number of carbonyl (C=O) groups excluding carboxylic acids is 2. The highest BCUT2D eigenvalue weighted by atomic mass is 35.5. The fourth-order valence-corrected chi connectivity index (χ4v) is 6.47. The SMILES string of the molecule is CCOc1ccc(N(CC(=O)N(Cc2ccccc2Cl)C(CC)C(=O)NC(C)CC)S(=O)(=O)c2ccc(SC)cc2)cc1. The molecule has 0 heterocycles. The van der Waals surface area contributed by atoms with Crippen molar-refractivity contribution in [1.29, 1.82) is 0 Å². The van der Waals surface area contributed by atoms with Crippen molar-refractivity contribution in [2.75, 3.05) is 23.7 Å². The van der Waals surface area contributed by atoms with Crippen LogP contribution in [-0.2, 0) is 26.2 Å². The van der Waals surface area contributed by atoms with Crippen LogP contribution in [0.3, 0.4) is 0 Å². The van der Waals surface area contributed by atoms with Crippen LogP contribution >= 0.6 is 23.4 Å². The smallest absolute Gasteiger partial charge is 0.264 e. The van der Waals surface area contributed by atoms with Gasteiger partial charge >= 0.3 is 0 Å². The van der Waals surface area contributed by atoms with Gasteiger partial charge in [-0.25, -0.2) is 8.42 Å². The van der Waals surface area contributed by atoms with Crippen LogP contribution in [0, 0.1) is 0 Å². The van der Waals surface area contributed by atoms with Gasteiger partial charge < -0.3 is 15.0 Å². The number of benzene rings is 3. The van der Waals surface area contributed by atoms with Gasteiger partial charge in [0.1, 0.15) is 18.3 Å². The average molecular weight is 646 g/mol. The Bertz CT molecular complexity index is 1470. The summed E-state index contributed by atoms with van der Waals surface area (Å²) in [5.41, 5.74) is 0.941. The zero-order chi connectivity index (χ0) is 31.6. The molecule has 1 N–H and O–H groups in total. The van der Waals surface area contributed by atoms with E-state index in [2.05, 4.69) is 5.32 Å². The predicted molar refractivity (Wildman–Crippen MR) is 174 cm³/mol. The molecule has 0 aliphatic rings. The van der Waals surface area contributed by atoms with E-state index < -0.39 is 28.5 Å². The van der Waals surface area contributed by atoms with Crippen LogP contribution < -0.4 is 14.4 Å². The molecular weight excluding hydrogens is 606 g/mol. The van der Waals surface area contributed by atoms with Crippen molar-refractivity contribution in [1.82, 2.24) is 10.2 Å². The molecule has 3 aromatic rings. The van der Waals surface area contributed by atoms with Gasteiger partial charge in [0.05, 0.1) is 17.2 Å². The lowest BCUT2D eigenvalue weighted by Crippen LogP contribution is -2.53. The summed E-state index contributed by atoms with van der Waals surface area (Å²) in [4.78, 5) is 30.0. The molecule has 8 nitrogen and oxygen atoms in total. The number of ether oxygens (including phenoxy) is 1. The molecule has 0 aromatic heterocycles. The number of anilines is 1. The third-order valence-electron chi connectivity index (χ3n) is 7.05. The van der Waals surface area contributed by atoms with Crippen LogP contribution in [0.2, 0.25) is 5.02 Å². The van der Waals surface area contributed by atoms with E-state index in [-0.39, 0.29) is 23.4 Å². The van der Waals surface area contributed by atoms with Gasteiger partial charge in [-0.05, 0) is 93.1 Å². The number of carbonyl (C=O) groups is 2. The molecule has 2 atom stereocenters. The van der Waals surface area contributed by atoms with Gasteiger partial charge in [0.15, 0.2) is 0 Å². The van der Waals surface area contributed by atoms with E-state index in [1.807, 2.05) is 34.0 Å². The molecule has 0 aliphatic heterocycles. The average Bonchev–Trinajstić information content (AvgIpc) is 3.01. The third kappa shape index (κ3) is 8.90. The number of sulfonamides is 1. The van der Waals surface area contributed by atoms with E-state index in [0.717, 1.165) is 15.6 Å². The highest BCUT2D eigenvalue weighted by Gasteiger charge is 2.34. The Kier molecular flexibility index (Phi) is 12.8. The summed E-state index contributed by atoms with van der Waals surface area (Å²) in [6, 6.07) is 19.2. The number of halogens is 1. The Morgan fingerprint density at radius 2 is 1.60 bits per heavy atom. The first kappa shape index (κ1) is 34.3. The molecule has 3 aromatic carbocycles. The van der Waals surface area contributed by atoms with E-state index in [9.17, 15) is 18.0 Å². The second-order valence-corrected chi connectivity index (χ2v) is 13.1. The summed E-state index contributed by atoms with van der Waals surface area (Å²) in [5, 5.41) is 3.42. The summed E-state index contributed by atoms with van der Waals surface area (Å²) >= 11 is 7.97. The topological polar surface area (TPSA) is 96.0 Å². The number of nitrogens with one attached hydrogen (secondary N) is 1. The maximum Gasteiger partial charge on any atom is 0.264 e. The molecule has 232 valence electrons. The van der Waals surface area contributed by atoms with Crippen molar-refractivity contribution in [2.24, 2.45) is 0 Å². The lowest BCUT2D eigenvalue weighted by molar-refractivity contribution is -0.140. The van der Waals surface area contributed by atoms with Gasteiger partial charge in [0.2, 0.25) is 11.8 Å². The molecule has 0 aliphatic carbocycles. The molecule has 0 saturated heterocycles. The number of hydrogen-bond acceptors (Lipinski definition) is 6. The third-order valence-corrected chi connectivity index (χ3v) is 9.95. The van der Waals surface area contributed by atoms with Crippen molar-refractivity contribution >= 4 is 50.9 Å². The lowest BCUT2D eigenvalue weighted by atomic mass is 10.1.